The summed E-state index contributed by atoms with van der Waals surface area (Å²) < 4.78 is 10.4. The van der Waals surface area contributed by atoms with Gasteiger partial charge in [0.25, 0.3) is 5.91 Å². The van der Waals surface area contributed by atoms with E-state index in [0.29, 0.717) is 5.69 Å². The van der Waals surface area contributed by atoms with E-state index in [1.165, 1.54) is 12.3 Å². The maximum atomic E-state index is 12.4. The summed E-state index contributed by atoms with van der Waals surface area (Å²) >= 11 is 11.9. The van der Waals surface area contributed by atoms with Gasteiger partial charge in [-0.15, -0.1) is 0 Å². The predicted octanol–water partition coefficient (Wildman–Crippen LogP) is 5.37. The lowest BCUT2D eigenvalue weighted by Crippen LogP contribution is -2.14. The number of benzene rings is 2. The number of carbonyl (C=O) groups is 2. The highest BCUT2D eigenvalue weighted by Gasteiger charge is 2.16. The van der Waals surface area contributed by atoms with Crippen LogP contribution in [0, 0.1) is 6.92 Å². The van der Waals surface area contributed by atoms with E-state index in [1.807, 2.05) is 0 Å². The Balaban J connectivity index is 1.81. The molecule has 2 aromatic carbocycles. The molecule has 1 N–H and O–H groups in total. The molecule has 26 heavy (non-hydrogen) atoms. The van der Waals surface area contributed by atoms with Crippen molar-refractivity contribution in [2.75, 3.05) is 5.32 Å². The van der Waals surface area contributed by atoms with Crippen molar-refractivity contribution < 1.29 is 18.7 Å². The monoisotopic (exact) mass is 389 g/mol. The van der Waals surface area contributed by atoms with E-state index in [1.54, 1.807) is 49.4 Å². The van der Waals surface area contributed by atoms with Crippen LogP contribution in [0.15, 0.2) is 59.2 Å². The van der Waals surface area contributed by atoms with Crippen LogP contribution in [0.5, 0.6) is 5.75 Å². The van der Waals surface area contributed by atoms with Crippen molar-refractivity contribution in [3.63, 3.8) is 0 Å². The largest absolute Gasteiger partial charge is 0.459 e. The van der Waals surface area contributed by atoms with E-state index in [9.17, 15) is 9.59 Å². The minimum Gasteiger partial charge on any atom is -0.459 e. The third-order valence-corrected chi connectivity index (χ3v) is 4.39. The molecule has 3 aromatic rings. The normalized spacial score (nSPS) is 10.4. The number of halogens is 2. The van der Waals surface area contributed by atoms with Crippen LogP contribution in [0.25, 0.3) is 0 Å². The fraction of sp³-hybridized carbons (Fsp3) is 0.0526. The summed E-state index contributed by atoms with van der Waals surface area (Å²) in [4.78, 5) is 24.5. The molecule has 0 bridgehead atoms. The van der Waals surface area contributed by atoms with Crippen molar-refractivity contribution >= 4 is 40.8 Å². The Morgan fingerprint density at radius 2 is 1.88 bits per heavy atom. The van der Waals surface area contributed by atoms with E-state index in [-0.39, 0.29) is 27.1 Å². The lowest BCUT2D eigenvalue weighted by atomic mass is 10.1. The van der Waals surface area contributed by atoms with Gasteiger partial charge < -0.3 is 14.5 Å². The maximum absolute atomic E-state index is 12.4. The summed E-state index contributed by atoms with van der Waals surface area (Å²) in [6, 6.07) is 12.7. The first-order valence-corrected chi connectivity index (χ1v) is 8.33. The first-order chi connectivity index (χ1) is 12.5. The molecule has 0 aliphatic carbocycles. The van der Waals surface area contributed by atoms with E-state index >= 15 is 0 Å². The predicted molar refractivity (Wildman–Crippen MR) is 99.3 cm³/mol. The summed E-state index contributed by atoms with van der Waals surface area (Å²) in [5, 5.41) is 3.14. The second kappa shape index (κ2) is 7.64. The minimum atomic E-state index is -0.623. The third kappa shape index (κ3) is 3.90. The number of hydrogen-bond acceptors (Lipinski definition) is 4. The van der Waals surface area contributed by atoms with Crippen molar-refractivity contribution in [3.05, 3.63) is 81.7 Å². The molecular formula is C19H13Cl2NO4. The fourth-order valence-electron chi connectivity index (χ4n) is 2.20. The lowest BCUT2D eigenvalue weighted by molar-refractivity contribution is 0.0734. The molecule has 1 amide bonds. The van der Waals surface area contributed by atoms with Gasteiger partial charge >= 0.3 is 5.97 Å². The highest BCUT2D eigenvalue weighted by atomic mass is 35.5. The van der Waals surface area contributed by atoms with Gasteiger partial charge in [0.15, 0.2) is 11.5 Å². The van der Waals surface area contributed by atoms with Crippen molar-refractivity contribution in [1.29, 1.82) is 0 Å². The summed E-state index contributed by atoms with van der Waals surface area (Å²) in [5.74, 6) is -0.710. The second-order valence-corrected chi connectivity index (χ2v) is 6.19. The molecule has 5 nitrogen and oxygen atoms in total. The molecule has 1 heterocycles. The number of nitrogens with one attached hydrogen (secondary N) is 1. The number of furan rings is 1. The molecule has 0 saturated heterocycles. The number of hydrogen-bond donors (Lipinski definition) is 1. The van der Waals surface area contributed by atoms with E-state index in [2.05, 4.69) is 5.32 Å². The number of ether oxygens (including phenoxy) is 1. The van der Waals surface area contributed by atoms with Crippen molar-refractivity contribution in [2.24, 2.45) is 0 Å². The Labute approximate surface area is 159 Å². The van der Waals surface area contributed by atoms with Gasteiger partial charge in [-0.05, 0) is 48.9 Å². The van der Waals surface area contributed by atoms with Crippen LogP contribution in [0.4, 0.5) is 5.69 Å². The summed E-state index contributed by atoms with van der Waals surface area (Å²) in [6.45, 7) is 1.81. The van der Waals surface area contributed by atoms with E-state index < -0.39 is 11.9 Å². The molecule has 7 heteroatoms. The third-order valence-electron chi connectivity index (χ3n) is 3.59. The maximum Gasteiger partial charge on any atom is 0.343 e. The van der Waals surface area contributed by atoms with Crippen LogP contribution < -0.4 is 10.1 Å². The van der Waals surface area contributed by atoms with Gasteiger partial charge in [-0.2, -0.15) is 0 Å². The average molecular weight is 390 g/mol. The molecule has 0 atom stereocenters. The van der Waals surface area contributed by atoms with E-state index in [0.717, 1.165) is 5.56 Å². The van der Waals surface area contributed by atoms with Gasteiger partial charge in [0.2, 0.25) is 0 Å². The van der Waals surface area contributed by atoms with Gasteiger partial charge in [-0.1, -0.05) is 35.3 Å². The van der Waals surface area contributed by atoms with Gasteiger partial charge in [-0.25, -0.2) is 4.79 Å². The Morgan fingerprint density at radius 1 is 1.08 bits per heavy atom. The molecular weight excluding hydrogens is 377 g/mol. The van der Waals surface area contributed by atoms with E-state index in [4.69, 9.17) is 32.4 Å². The molecule has 3 rings (SSSR count). The SMILES string of the molecule is Cc1ccc(C(=O)Oc2cccc(Cl)c2Cl)cc1NC(=O)c1ccco1. The van der Waals surface area contributed by atoms with Crippen LogP contribution in [0.1, 0.15) is 26.5 Å². The molecule has 0 unspecified atom stereocenters. The van der Waals surface area contributed by atoms with Gasteiger partial charge in [-0.3, -0.25) is 4.79 Å². The van der Waals surface area contributed by atoms with Crippen molar-refractivity contribution in [2.45, 2.75) is 6.92 Å². The van der Waals surface area contributed by atoms with Gasteiger partial charge in [0.05, 0.1) is 16.8 Å². The van der Waals surface area contributed by atoms with Gasteiger partial charge in [0.1, 0.15) is 5.02 Å². The molecule has 1 aromatic heterocycles. The first kappa shape index (κ1) is 18.0. The Bertz CT molecular complexity index is 968. The summed E-state index contributed by atoms with van der Waals surface area (Å²) in [5.41, 5.74) is 1.50. The van der Waals surface area contributed by atoms with Crippen LogP contribution in [0.3, 0.4) is 0 Å². The second-order valence-electron chi connectivity index (χ2n) is 5.40. The lowest BCUT2D eigenvalue weighted by Gasteiger charge is -2.11. The summed E-state index contributed by atoms with van der Waals surface area (Å²) in [6.07, 6.45) is 1.41. The smallest absolute Gasteiger partial charge is 0.343 e. The first-order valence-electron chi connectivity index (χ1n) is 7.57. The quantitative estimate of drug-likeness (QED) is 0.481. The van der Waals surface area contributed by atoms with Crippen LogP contribution in [0.2, 0.25) is 10.0 Å². The molecule has 0 radical (unpaired) electrons. The van der Waals surface area contributed by atoms with Gasteiger partial charge in [0, 0.05) is 5.69 Å². The van der Waals surface area contributed by atoms with Crippen LogP contribution in [-0.2, 0) is 0 Å². The number of aryl methyl sites for hydroxylation is 1. The molecule has 0 saturated carbocycles. The zero-order valence-electron chi connectivity index (χ0n) is 13.6. The number of carbonyl (C=O) groups excluding carboxylic acids is 2. The fourth-order valence-corrected chi connectivity index (χ4v) is 2.53. The van der Waals surface area contributed by atoms with Crippen molar-refractivity contribution in [3.8, 4) is 5.75 Å². The zero-order chi connectivity index (χ0) is 18.7. The number of anilines is 1. The average Bonchev–Trinajstić information content (AvgIpc) is 3.15. The molecule has 132 valence electrons. The zero-order valence-corrected chi connectivity index (χ0v) is 15.1. The van der Waals surface area contributed by atoms with Crippen LogP contribution >= 0.6 is 23.2 Å². The topological polar surface area (TPSA) is 68.5 Å². The Hall–Kier alpha value is -2.76. The Morgan fingerprint density at radius 3 is 2.62 bits per heavy atom. The van der Waals surface area contributed by atoms with Crippen molar-refractivity contribution in [1.82, 2.24) is 0 Å². The highest BCUT2D eigenvalue weighted by Crippen LogP contribution is 2.32. The number of amides is 1. The Kier molecular flexibility index (Phi) is 5.30. The standard InChI is InChI=1S/C19H13Cl2NO4/c1-11-7-8-12(10-14(11)22-18(23)16-6-3-9-25-16)19(24)26-15-5-2-4-13(20)17(15)21/h2-10H,1H3,(H,22,23). The highest BCUT2D eigenvalue weighted by molar-refractivity contribution is 6.43. The number of esters is 1. The molecule has 0 aliphatic rings. The number of rotatable bonds is 4. The summed E-state index contributed by atoms with van der Waals surface area (Å²) in [7, 11) is 0. The van der Waals surface area contributed by atoms with Crippen LogP contribution in [-0.4, -0.2) is 11.9 Å². The molecule has 0 fully saturated rings. The minimum absolute atomic E-state index is 0.154. The molecule has 0 aliphatic heterocycles. The molecule has 0 spiro atoms.